The molecule has 5 heteroatoms. The van der Waals surface area contributed by atoms with Crippen LogP contribution in [0.2, 0.25) is 0 Å². The summed E-state index contributed by atoms with van der Waals surface area (Å²) in [7, 11) is 0. The summed E-state index contributed by atoms with van der Waals surface area (Å²) in [5.74, 6) is -0.933. The first-order valence-corrected chi connectivity index (χ1v) is 3.37. The van der Waals surface area contributed by atoms with Crippen LogP contribution in [0.3, 0.4) is 0 Å². The zero-order chi connectivity index (χ0) is 7.98. The third-order valence-corrected chi connectivity index (χ3v) is 1.29. The first kappa shape index (κ1) is 13.6. The van der Waals surface area contributed by atoms with Gasteiger partial charge in [-0.1, -0.05) is 6.42 Å². The van der Waals surface area contributed by atoms with Crippen molar-refractivity contribution in [2.45, 2.75) is 25.3 Å². The van der Waals surface area contributed by atoms with Crippen molar-refractivity contribution in [2.24, 2.45) is 11.5 Å². The Labute approximate surface area is 78.5 Å². The molecule has 0 aromatic rings. The van der Waals surface area contributed by atoms with Crippen molar-refractivity contribution >= 4 is 24.8 Å². The number of hydrogen-bond acceptors (Lipinski definition) is 3. The molecule has 0 aromatic heterocycles. The molecule has 62 valence electrons. The number of aliphatic carboxylic acids is 1. The Balaban J connectivity index is 0. The fourth-order valence-corrected chi connectivity index (χ4v) is 0.632. The van der Waals surface area contributed by atoms with Crippen LogP contribution >= 0.6 is 0 Å². The molecule has 1 atom stereocenters. The van der Waals surface area contributed by atoms with Gasteiger partial charge in [0.25, 0.3) is 0 Å². The van der Waals surface area contributed by atoms with Crippen molar-refractivity contribution in [1.82, 2.24) is 0 Å². The number of carboxylic acid groups (broad SMARTS) is 1. The molecular formula is C6H15LiN2O2. The van der Waals surface area contributed by atoms with Crippen LogP contribution in [-0.2, 0) is 4.79 Å². The maximum absolute atomic E-state index is 10.1. The summed E-state index contributed by atoms with van der Waals surface area (Å²) in [6.45, 7) is 0.604. The molecule has 0 amide bonds. The van der Waals surface area contributed by atoms with Crippen LogP contribution < -0.4 is 11.5 Å². The van der Waals surface area contributed by atoms with Crippen molar-refractivity contribution in [3.8, 4) is 0 Å². The minimum absolute atomic E-state index is 0. The van der Waals surface area contributed by atoms with E-state index in [-0.39, 0.29) is 18.9 Å². The Hall–Kier alpha value is -0.0126. The molecule has 0 bridgehead atoms. The van der Waals surface area contributed by atoms with Gasteiger partial charge in [-0.25, -0.2) is 0 Å². The molecule has 0 fully saturated rings. The number of hydrogen-bond donors (Lipinski definition) is 3. The minimum atomic E-state index is -0.933. The van der Waals surface area contributed by atoms with Crippen LogP contribution in [0.5, 0.6) is 0 Å². The predicted octanol–water partition coefficient (Wildman–Crippen LogP) is -1.12. The van der Waals surface area contributed by atoms with Crippen LogP contribution in [0.1, 0.15) is 19.3 Å². The van der Waals surface area contributed by atoms with Gasteiger partial charge in [-0.2, -0.15) is 0 Å². The van der Waals surface area contributed by atoms with E-state index in [1.165, 1.54) is 0 Å². The summed E-state index contributed by atoms with van der Waals surface area (Å²) >= 11 is 0. The zero-order valence-corrected chi connectivity index (χ0v) is 5.92. The van der Waals surface area contributed by atoms with E-state index in [4.69, 9.17) is 16.6 Å². The fraction of sp³-hybridized carbons (Fsp3) is 0.833. The fourth-order valence-electron chi connectivity index (χ4n) is 0.632. The van der Waals surface area contributed by atoms with Crippen LogP contribution in [0, 0.1) is 0 Å². The third kappa shape index (κ3) is 7.89. The summed E-state index contributed by atoms with van der Waals surface area (Å²) in [5, 5.41) is 8.33. The van der Waals surface area contributed by atoms with E-state index in [0.717, 1.165) is 12.8 Å². The number of rotatable bonds is 5. The van der Waals surface area contributed by atoms with Gasteiger partial charge in [-0.05, 0) is 19.4 Å². The van der Waals surface area contributed by atoms with Gasteiger partial charge in [-0.3, -0.25) is 4.79 Å². The molecule has 11 heavy (non-hydrogen) atoms. The van der Waals surface area contributed by atoms with Crippen LogP contribution in [0.15, 0.2) is 0 Å². The molecule has 0 saturated carbocycles. The second-order valence-electron chi connectivity index (χ2n) is 2.23. The van der Waals surface area contributed by atoms with Crippen molar-refractivity contribution in [1.29, 1.82) is 0 Å². The van der Waals surface area contributed by atoms with Gasteiger partial charge >= 0.3 is 24.8 Å². The van der Waals surface area contributed by atoms with E-state index in [2.05, 4.69) is 0 Å². The Morgan fingerprint density at radius 2 is 2.00 bits per heavy atom. The molecule has 0 spiro atoms. The van der Waals surface area contributed by atoms with Gasteiger partial charge in [0, 0.05) is 0 Å². The van der Waals surface area contributed by atoms with Crippen molar-refractivity contribution in [2.75, 3.05) is 6.54 Å². The summed E-state index contributed by atoms with van der Waals surface area (Å²) < 4.78 is 0. The second-order valence-corrected chi connectivity index (χ2v) is 2.23. The summed E-state index contributed by atoms with van der Waals surface area (Å²) in [5.41, 5.74) is 10.4. The van der Waals surface area contributed by atoms with E-state index in [0.29, 0.717) is 13.0 Å². The molecule has 0 saturated heterocycles. The maximum atomic E-state index is 10.1. The Kier molecular flexibility index (Phi) is 9.98. The molecule has 0 aliphatic heterocycles. The topological polar surface area (TPSA) is 89.3 Å². The molecule has 0 heterocycles. The first-order valence-electron chi connectivity index (χ1n) is 3.37. The van der Waals surface area contributed by atoms with E-state index < -0.39 is 12.0 Å². The molecule has 0 rings (SSSR count). The summed E-state index contributed by atoms with van der Waals surface area (Å²) in [4.78, 5) is 10.1. The predicted molar refractivity (Wildman–Crippen MR) is 45.7 cm³/mol. The van der Waals surface area contributed by atoms with Gasteiger partial charge in [0.05, 0.1) is 0 Å². The van der Waals surface area contributed by atoms with E-state index >= 15 is 0 Å². The Bertz CT molecular complexity index is 111. The first-order chi connectivity index (χ1) is 4.68. The zero-order valence-electron chi connectivity index (χ0n) is 5.92. The molecular weight excluding hydrogens is 139 g/mol. The Morgan fingerprint density at radius 1 is 1.45 bits per heavy atom. The summed E-state index contributed by atoms with van der Waals surface area (Å²) in [6, 6.07) is -0.716. The van der Waals surface area contributed by atoms with Crippen LogP contribution in [0.4, 0.5) is 0 Å². The van der Waals surface area contributed by atoms with E-state index in [1.54, 1.807) is 0 Å². The molecule has 0 radical (unpaired) electrons. The van der Waals surface area contributed by atoms with Crippen molar-refractivity contribution in [3.05, 3.63) is 0 Å². The van der Waals surface area contributed by atoms with E-state index in [9.17, 15) is 4.79 Å². The summed E-state index contributed by atoms with van der Waals surface area (Å²) in [6.07, 6.45) is 2.16. The van der Waals surface area contributed by atoms with Crippen molar-refractivity contribution < 1.29 is 9.90 Å². The van der Waals surface area contributed by atoms with Crippen LogP contribution in [0.25, 0.3) is 0 Å². The normalized spacial score (nSPS) is 11.8. The number of nitrogens with two attached hydrogens (primary N) is 2. The number of carboxylic acids is 1. The molecule has 0 aliphatic rings. The van der Waals surface area contributed by atoms with Crippen LogP contribution in [-0.4, -0.2) is 42.5 Å². The molecule has 1 unspecified atom stereocenters. The monoisotopic (exact) mass is 154 g/mol. The molecule has 0 aliphatic carbocycles. The average molecular weight is 154 g/mol. The van der Waals surface area contributed by atoms with Gasteiger partial charge < -0.3 is 16.6 Å². The number of carbonyl (C=O) groups is 1. The standard InChI is InChI=1S/C6H14N2O2.Li.H/c7-4-2-1-3-5(8)6(9)10;;/h5H,1-4,7-8H2,(H,9,10);;. The number of unbranched alkanes of at least 4 members (excludes halogenated alkanes) is 1. The van der Waals surface area contributed by atoms with Gasteiger partial charge in [-0.15, -0.1) is 0 Å². The SMILES string of the molecule is NCCCCC(N)C(=O)O.[LiH]. The molecule has 5 N–H and O–H groups in total. The quantitative estimate of drug-likeness (QED) is 0.345. The van der Waals surface area contributed by atoms with Gasteiger partial charge in [0.2, 0.25) is 0 Å². The van der Waals surface area contributed by atoms with Gasteiger partial charge in [0.15, 0.2) is 0 Å². The second kappa shape index (κ2) is 8.09. The molecule has 0 aromatic carbocycles. The average Bonchev–Trinajstić information content (AvgIpc) is 1.88. The van der Waals surface area contributed by atoms with E-state index in [1.807, 2.05) is 0 Å². The Morgan fingerprint density at radius 3 is 2.36 bits per heavy atom. The van der Waals surface area contributed by atoms with Gasteiger partial charge in [0.1, 0.15) is 6.04 Å². The third-order valence-electron chi connectivity index (χ3n) is 1.29. The molecule has 4 nitrogen and oxygen atoms in total. The van der Waals surface area contributed by atoms with Crippen molar-refractivity contribution in [3.63, 3.8) is 0 Å².